The zero-order valence-corrected chi connectivity index (χ0v) is 19.5. The van der Waals surface area contributed by atoms with Gasteiger partial charge in [-0.25, -0.2) is 4.79 Å². The lowest BCUT2D eigenvalue weighted by molar-refractivity contribution is 0.00971. The first-order chi connectivity index (χ1) is 15.9. The van der Waals surface area contributed by atoms with Crippen LogP contribution in [0.5, 0.6) is 5.75 Å². The van der Waals surface area contributed by atoms with E-state index in [4.69, 9.17) is 10.5 Å². The number of carbonyl (C=O) groups is 1. The van der Waals surface area contributed by atoms with Crippen molar-refractivity contribution in [3.8, 4) is 5.75 Å². The molecule has 0 aliphatic heterocycles. The summed E-state index contributed by atoms with van der Waals surface area (Å²) in [6, 6.07) is 13.7. The van der Waals surface area contributed by atoms with E-state index in [-0.39, 0.29) is 10.6 Å². The van der Waals surface area contributed by atoms with E-state index >= 15 is 0 Å². The summed E-state index contributed by atoms with van der Waals surface area (Å²) in [5.41, 5.74) is 6.95. The number of phenols is 1. The van der Waals surface area contributed by atoms with Gasteiger partial charge in [-0.1, -0.05) is 67.0 Å². The van der Waals surface area contributed by atoms with E-state index in [1.807, 2.05) is 30.3 Å². The van der Waals surface area contributed by atoms with Crippen molar-refractivity contribution in [1.82, 2.24) is 10.3 Å². The number of ether oxygens (including phenoxy) is 1. The standard InChI is InChI=1S/C25H31N3O4S/c26-23(30)32-25(15-17-7-3-1-4-8-17,13-14-27-19-9-5-2-6-10-19)16-18-11-12-20(29)21-22(18)33-24(31)28-21/h1,3-4,7-8,11-12,19,27,29H,2,5-6,9-10,13-16H2,(H2,26,30)(H,28,31). The van der Waals surface area contributed by atoms with Crippen LogP contribution in [0.15, 0.2) is 47.3 Å². The minimum absolute atomic E-state index is 0.0237. The number of aromatic hydroxyl groups is 1. The number of amides is 1. The molecule has 1 aliphatic rings. The third-order valence-electron chi connectivity index (χ3n) is 6.46. The molecule has 1 fully saturated rings. The van der Waals surface area contributed by atoms with Crippen LogP contribution >= 0.6 is 11.3 Å². The SMILES string of the molecule is NC(=O)OC(CCNC1CCCCC1)(Cc1ccccc1)Cc1ccc(O)c2[nH]c(=O)sc12. The summed E-state index contributed by atoms with van der Waals surface area (Å²) in [6.07, 6.45) is 6.72. The predicted octanol–water partition coefficient (Wildman–Crippen LogP) is 4.23. The van der Waals surface area contributed by atoms with E-state index in [1.54, 1.807) is 12.1 Å². The Morgan fingerprint density at radius 1 is 1.15 bits per heavy atom. The number of hydrogen-bond acceptors (Lipinski definition) is 6. The van der Waals surface area contributed by atoms with Crippen molar-refractivity contribution >= 4 is 27.6 Å². The van der Waals surface area contributed by atoms with Crippen LogP contribution in [0, 0.1) is 0 Å². The van der Waals surface area contributed by atoms with Gasteiger partial charge >= 0.3 is 11.0 Å². The number of aromatic amines is 1. The molecule has 0 saturated heterocycles. The molecule has 1 aromatic heterocycles. The number of nitrogens with one attached hydrogen (secondary N) is 2. The molecule has 33 heavy (non-hydrogen) atoms. The molecule has 1 heterocycles. The smallest absolute Gasteiger partial charge is 0.405 e. The fourth-order valence-electron chi connectivity index (χ4n) is 4.91. The Hall–Kier alpha value is -2.84. The summed E-state index contributed by atoms with van der Waals surface area (Å²) < 4.78 is 6.55. The molecular weight excluding hydrogens is 438 g/mol. The molecule has 1 saturated carbocycles. The zero-order valence-electron chi connectivity index (χ0n) is 18.6. The van der Waals surface area contributed by atoms with Gasteiger partial charge in [-0.2, -0.15) is 0 Å². The third kappa shape index (κ3) is 5.94. The fraction of sp³-hybridized carbons (Fsp3) is 0.440. The molecular formula is C25H31N3O4S. The number of fused-ring (bicyclic) bond motifs is 1. The van der Waals surface area contributed by atoms with Crippen LogP contribution in [0.3, 0.4) is 0 Å². The highest BCUT2D eigenvalue weighted by Crippen LogP contribution is 2.34. The molecule has 1 unspecified atom stereocenters. The molecule has 1 aliphatic carbocycles. The number of hydrogen-bond donors (Lipinski definition) is 4. The largest absolute Gasteiger partial charge is 0.506 e. The summed E-state index contributed by atoms with van der Waals surface area (Å²) in [6.45, 7) is 0.690. The first kappa shape index (κ1) is 23.3. The Labute approximate surface area is 197 Å². The van der Waals surface area contributed by atoms with Crippen LogP contribution in [0.2, 0.25) is 0 Å². The van der Waals surface area contributed by atoms with Gasteiger partial charge in [-0.3, -0.25) is 4.79 Å². The highest BCUT2D eigenvalue weighted by molar-refractivity contribution is 7.16. The number of rotatable bonds is 9. The molecule has 5 N–H and O–H groups in total. The van der Waals surface area contributed by atoms with Gasteiger partial charge in [0.1, 0.15) is 16.9 Å². The third-order valence-corrected chi connectivity index (χ3v) is 7.41. The topological polar surface area (TPSA) is 117 Å². The number of nitrogens with two attached hydrogens (primary N) is 1. The lowest BCUT2D eigenvalue weighted by Gasteiger charge is -2.34. The first-order valence-corrected chi connectivity index (χ1v) is 12.4. The molecule has 8 heteroatoms. The van der Waals surface area contributed by atoms with Gasteiger partial charge in [0.15, 0.2) is 0 Å². The molecule has 1 amide bonds. The monoisotopic (exact) mass is 469 g/mol. The van der Waals surface area contributed by atoms with E-state index in [1.165, 1.54) is 19.3 Å². The number of benzene rings is 2. The number of phenolic OH excluding ortho intramolecular Hbond substituents is 1. The van der Waals surface area contributed by atoms with E-state index in [2.05, 4.69) is 10.3 Å². The summed E-state index contributed by atoms with van der Waals surface area (Å²) >= 11 is 1.05. The molecule has 7 nitrogen and oxygen atoms in total. The molecule has 2 aromatic carbocycles. The van der Waals surface area contributed by atoms with E-state index < -0.39 is 11.7 Å². The Kier molecular flexibility index (Phi) is 7.35. The highest BCUT2D eigenvalue weighted by atomic mass is 32.1. The minimum atomic E-state index is -0.897. The van der Waals surface area contributed by atoms with Crippen LogP contribution in [-0.4, -0.2) is 34.4 Å². The van der Waals surface area contributed by atoms with Gasteiger partial charge in [0.2, 0.25) is 0 Å². The van der Waals surface area contributed by atoms with Gasteiger partial charge in [-0.15, -0.1) is 0 Å². The van der Waals surface area contributed by atoms with Crippen molar-refractivity contribution in [2.45, 2.75) is 63.0 Å². The Morgan fingerprint density at radius 3 is 2.64 bits per heavy atom. The van der Waals surface area contributed by atoms with Crippen LogP contribution in [0.1, 0.15) is 49.7 Å². The lowest BCUT2D eigenvalue weighted by atomic mass is 9.84. The van der Waals surface area contributed by atoms with Crippen molar-refractivity contribution in [3.63, 3.8) is 0 Å². The quantitative estimate of drug-likeness (QED) is 0.374. The summed E-state index contributed by atoms with van der Waals surface area (Å²) in [5.74, 6) is 0.0237. The minimum Gasteiger partial charge on any atom is -0.506 e. The Bertz CT molecular complexity index is 1140. The maximum Gasteiger partial charge on any atom is 0.405 e. The number of thiazole rings is 1. The van der Waals surface area contributed by atoms with Crippen LogP contribution in [0.4, 0.5) is 4.79 Å². The molecule has 176 valence electrons. The molecule has 0 radical (unpaired) electrons. The second kappa shape index (κ2) is 10.4. The van der Waals surface area contributed by atoms with Crippen molar-refractivity contribution in [2.24, 2.45) is 5.73 Å². The van der Waals surface area contributed by atoms with Crippen molar-refractivity contribution in [2.75, 3.05) is 6.54 Å². The highest BCUT2D eigenvalue weighted by Gasteiger charge is 2.35. The number of primary amides is 1. The van der Waals surface area contributed by atoms with E-state index in [9.17, 15) is 14.7 Å². The molecule has 4 rings (SSSR count). The number of carbonyl (C=O) groups excluding carboxylic acids is 1. The van der Waals surface area contributed by atoms with Crippen LogP contribution < -0.4 is 15.9 Å². The fourth-order valence-corrected chi connectivity index (χ4v) is 5.78. The van der Waals surface area contributed by atoms with Gasteiger partial charge in [0, 0.05) is 25.3 Å². The predicted molar refractivity (Wildman–Crippen MR) is 131 cm³/mol. The second-order valence-electron chi connectivity index (χ2n) is 8.94. The normalized spacial score (nSPS) is 16.5. The number of H-pyrrole nitrogens is 1. The average Bonchev–Trinajstić information content (AvgIpc) is 3.19. The molecule has 0 spiro atoms. The molecule has 0 bridgehead atoms. The first-order valence-electron chi connectivity index (χ1n) is 11.5. The Morgan fingerprint density at radius 2 is 1.91 bits per heavy atom. The van der Waals surface area contributed by atoms with Gasteiger partial charge < -0.3 is 25.9 Å². The second-order valence-corrected chi connectivity index (χ2v) is 9.93. The van der Waals surface area contributed by atoms with Crippen LogP contribution in [0.25, 0.3) is 10.2 Å². The maximum atomic E-state index is 12.1. The zero-order chi connectivity index (χ0) is 23.3. The van der Waals surface area contributed by atoms with Crippen LogP contribution in [-0.2, 0) is 17.6 Å². The van der Waals surface area contributed by atoms with E-state index in [0.29, 0.717) is 42.1 Å². The van der Waals surface area contributed by atoms with Gasteiger partial charge in [-0.05, 0) is 36.6 Å². The van der Waals surface area contributed by atoms with Gasteiger partial charge in [0.25, 0.3) is 0 Å². The van der Waals surface area contributed by atoms with Crippen molar-refractivity contribution in [1.29, 1.82) is 0 Å². The van der Waals surface area contributed by atoms with Crippen molar-refractivity contribution in [3.05, 3.63) is 63.3 Å². The molecule has 1 atom stereocenters. The summed E-state index contributed by atoms with van der Waals surface area (Å²) in [5, 5.41) is 13.8. The number of aromatic nitrogens is 1. The van der Waals surface area contributed by atoms with Crippen molar-refractivity contribution < 1.29 is 14.6 Å². The Balaban J connectivity index is 1.65. The summed E-state index contributed by atoms with van der Waals surface area (Å²) in [4.78, 5) is 26.5. The van der Waals surface area contributed by atoms with Gasteiger partial charge in [0.05, 0.1) is 4.70 Å². The summed E-state index contributed by atoms with van der Waals surface area (Å²) in [7, 11) is 0. The lowest BCUT2D eigenvalue weighted by Crippen LogP contribution is -2.45. The maximum absolute atomic E-state index is 12.1. The average molecular weight is 470 g/mol. The molecule has 3 aromatic rings. The van der Waals surface area contributed by atoms with E-state index in [0.717, 1.165) is 35.3 Å².